The topological polar surface area (TPSA) is 64.3 Å². The Bertz CT molecular complexity index is 461. The fraction of sp³-hybridized carbons (Fsp3) is 0.500. The second-order valence-electron chi connectivity index (χ2n) is 4.77. The van der Waals surface area contributed by atoms with Crippen LogP contribution in [0.1, 0.15) is 25.0 Å². The maximum absolute atomic E-state index is 11.6. The van der Waals surface area contributed by atoms with Gasteiger partial charge in [0.15, 0.2) is 6.10 Å². The highest BCUT2D eigenvalue weighted by Crippen LogP contribution is 2.29. The number of nitrogens with two attached hydrogens (primary N) is 1. The lowest BCUT2D eigenvalue weighted by Gasteiger charge is -2.19. The van der Waals surface area contributed by atoms with Crippen LogP contribution in [0.2, 0.25) is 0 Å². The van der Waals surface area contributed by atoms with Crippen LogP contribution >= 0.6 is 15.9 Å². The summed E-state index contributed by atoms with van der Waals surface area (Å²) >= 11 is 3.47. The third-order valence-corrected chi connectivity index (χ3v) is 3.23. The number of carbonyl (C=O) groups excluding carboxylic acids is 1. The first-order valence-electron chi connectivity index (χ1n) is 6.28. The van der Waals surface area contributed by atoms with E-state index in [4.69, 9.17) is 10.5 Å². The first kappa shape index (κ1) is 16.0. The number of rotatable bonds is 5. The van der Waals surface area contributed by atoms with Crippen molar-refractivity contribution in [1.29, 1.82) is 0 Å². The van der Waals surface area contributed by atoms with Gasteiger partial charge in [-0.05, 0) is 50.5 Å². The van der Waals surface area contributed by atoms with Crippen LogP contribution in [-0.2, 0) is 11.2 Å². The van der Waals surface area contributed by atoms with Crippen molar-refractivity contribution in [2.75, 3.05) is 7.05 Å². The predicted molar refractivity (Wildman–Crippen MR) is 80.4 cm³/mol. The molecular weight excluding hydrogens is 308 g/mol. The van der Waals surface area contributed by atoms with E-state index in [0.717, 1.165) is 21.3 Å². The van der Waals surface area contributed by atoms with Gasteiger partial charge in [0.25, 0.3) is 5.91 Å². The first-order chi connectivity index (χ1) is 8.85. The van der Waals surface area contributed by atoms with Crippen molar-refractivity contribution in [3.05, 3.63) is 27.7 Å². The van der Waals surface area contributed by atoms with Crippen LogP contribution in [0.4, 0.5) is 0 Å². The van der Waals surface area contributed by atoms with Crippen molar-refractivity contribution >= 4 is 21.8 Å². The van der Waals surface area contributed by atoms with Crippen molar-refractivity contribution in [3.63, 3.8) is 0 Å². The third kappa shape index (κ3) is 4.51. The molecule has 0 aliphatic rings. The van der Waals surface area contributed by atoms with Gasteiger partial charge in [-0.25, -0.2) is 0 Å². The van der Waals surface area contributed by atoms with Crippen LogP contribution in [0.5, 0.6) is 5.75 Å². The molecule has 0 aliphatic heterocycles. The number of ether oxygens (including phenoxy) is 1. The Morgan fingerprint density at radius 2 is 2.11 bits per heavy atom. The van der Waals surface area contributed by atoms with E-state index in [9.17, 15) is 4.79 Å². The smallest absolute Gasteiger partial charge is 0.260 e. The molecule has 5 heteroatoms. The van der Waals surface area contributed by atoms with E-state index in [-0.39, 0.29) is 11.9 Å². The van der Waals surface area contributed by atoms with Gasteiger partial charge in [-0.15, -0.1) is 0 Å². The Morgan fingerprint density at radius 1 is 1.47 bits per heavy atom. The zero-order valence-electron chi connectivity index (χ0n) is 11.8. The highest BCUT2D eigenvalue weighted by atomic mass is 79.9. The molecular formula is C14H21BrN2O2. The highest BCUT2D eigenvalue weighted by Gasteiger charge is 2.17. The number of likely N-dealkylation sites (N-methyl/N-ethyl adjacent to an activating group) is 1. The Balaban J connectivity index is 3.07. The van der Waals surface area contributed by atoms with Crippen LogP contribution in [0, 0.1) is 6.92 Å². The average molecular weight is 329 g/mol. The average Bonchev–Trinajstić information content (AvgIpc) is 2.31. The van der Waals surface area contributed by atoms with E-state index in [2.05, 4.69) is 21.2 Å². The molecule has 0 heterocycles. The Labute approximate surface area is 122 Å². The maximum Gasteiger partial charge on any atom is 0.260 e. The molecule has 0 radical (unpaired) electrons. The minimum absolute atomic E-state index is 0.0337. The zero-order valence-corrected chi connectivity index (χ0v) is 13.4. The van der Waals surface area contributed by atoms with E-state index in [1.807, 2.05) is 26.0 Å². The van der Waals surface area contributed by atoms with E-state index < -0.39 is 6.10 Å². The number of nitrogens with one attached hydrogen (secondary N) is 1. The quantitative estimate of drug-likeness (QED) is 0.870. The molecule has 2 atom stereocenters. The molecule has 0 spiro atoms. The lowest BCUT2D eigenvalue weighted by Crippen LogP contribution is -2.34. The summed E-state index contributed by atoms with van der Waals surface area (Å²) in [7, 11) is 1.60. The molecule has 1 amide bonds. The van der Waals surface area contributed by atoms with E-state index >= 15 is 0 Å². The zero-order chi connectivity index (χ0) is 14.6. The van der Waals surface area contributed by atoms with Gasteiger partial charge in [0.1, 0.15) is 5.75 Å². The number of carbonyl (C=O) groups is 1. The van der Waals surface area contributed by atoms with Crippen LogP contribution in [-0.4, -0.2) is 25.1 Å². The molecule has 0 saturated heterocycles. The van der Waals surface area contributed by atoms with Crippen molar-refractivity contribution < 1.29 is 9.53 Å². The minimum Gasteiger partial charge on any atom is -0.480 e. The molecule has 3 N–H and O–H groups in total. The summed E-state index contributed by atoms with van der Waals surface area (Å²) in [5.74, 6) is 0.602. The van der Waals surface area contributed by atoms with Gasteiger partial charge in [0, 0.05) is 17.6 Å². The first-order valence-corrected chi connectivity index (χ1v) is 7.07. The number of halogens is 1. The molecule has 0 aliphatic carbocycles. The van der Waals surface area contributed by atoms with Crippen LogP contribution in [0.15, 0.2) is 16.6 Å². The standard InChI is InChI=1S/C14H21BrN2O2/c1-8-5-12(15)7-11(6-9(2)16)13(8)19-10(3)14(18)17-4/h5,7,9-10H,6,16H2,1-4H3,(H,17,18). The number of aryl methyl sites for hydroxylation is 1. The Morgan fingerprint density at radius 3 is 2.63 bits per heavy atom. The van der Waals surface area contributed by atoms with Crippen molar-refractivity contribution in [2.45, 2.75) is 39.3 Å². The fourth-order valence-electron chi connectivity index (χ4n) is 1.90. The third-order valence-electron chi connectivity index (χ3n) is 2.77. The number of hydrogen-bond acceptors (Lipinski definition) is 3. The molecule has 1 aromatic rings. The summed E-state index contributed by atoms with van der Waals surface area (Å²) in [6.07, 6.45) is 0.174. The second kappa shape index (κ2) is 6.91. The summed E-state index contributed by atoms with van der Waals surface area (Å²) in [6, 6.07) is 3.99. The molecule has 4 nitrogen and oxygen atoms in total. The lowest BCUT2D eigenvalue weighted by atomic mass is 10.0. The SMILES string of the molecule is CNC(=O)C(C)Oc1c(C)cc(Br)cc1CC(C)N. The molecule has 1 rings (SSSR count). The summed E-state index contributed by atoms with van der Waals surface area (Å²) < 4.78 is 6.78. The molecule has 1 aromatic carbocycles. The van der Waals surface area contributed by atoms with Crippen molar-refractivity contribution in [1.82, 2.24) is 5.32 Å². The summed E-state index contributed by atoms with van der Waals surface area (Å²) in [6.45, 7) is 5.64. The van der Waals surface area contributed by atoms with Crippen molar-refractivity contribution in [2.24, 2.45) is 5.73 Å². The maximum atomic E-state index is 11.6. The van der Waals surface area contributed by atoms with E-state index in [1.165, 1.54) is 0 Å². The summed E-state index contributed by atoms with van der Waals surface area (Å²) in [5.41, 5.74) is 7.86. The van der Waals surface area contributed by atoms with E-state index in [0.29, 0.717) is 6.42 Å². The van der Waals surface area contributed by atoms with Gasteiger partial charge in [-0.3, -0.25) is 4.79 Å². The Hall–Kier alpha value is -1.07. The lowest BCUT2D eigenvalue weighted by molar-refractivity contribution is -0.126. The normalized spacial score (nSPS) is 13.8. The van der Waals surface area contributed by atoms with Gasteiger partial charge >= 0.3 is 0 Å². The predicted octanol–water partition coefficient (Wildman–Crippen LogP) is 2.16. The van der Waals surface area contributed by atoms with Gasteiger partial charge in [0.2, 0.25) is 0 Å². The monoisotopic (exact) mass is 328 g/mol. The van der Waals surface area contributed by atoms with Gasteiger partial charge in [-0.2, -0.15) is 0 Å². The van der Waals surface area contributed by atoms with Crippen molar-refractivity contribution in [3.8, 4) is 5.75 Å². The minimum atomic E-state index is -0.531. The summed E-state index contributed by atoms with van der Waals surface area (Å²) in [5, 5.41) is 2.58. The second-order valence-corrected chi connectivity index (χ2v) is 5.68. The molecule has 0 saturated carbocycles. The largest absolute Gasteiger partial charge is 0.480 e. The molecule has 0 aromatic heterocycles. The van der Waals surface area contributed by atoms with Crippen LogP contribution < -0.4 is 15.8 Å². The fourth-order valence-corrected chi connectivity index (χ4v) is 2.52. The number of amides is 1. The van der Waals surface area contributed by atoms with Crippen LogP contribution in [0.25, 0.3) is 0 Å². The van der Waals surface area contributed by atoms with Gasteiger partial charge in [0.05, 0.1) is 0 Å². The van der Waals surface area contributed by atoms with Gasteiger partial charge < -0.3 is 15.8 Å². The number of benzene rings is 1. The molecule has 0 bridgehead atoms. The van der Waals surface area contributed by atoms with Crippen LogP contribution in [0.3, 0.4) is 0 Å². The number of hydrogen-bond donors (Lipinski definition) is 2. The molecule has 106 valence electrons. The molecule has 19 heavy (non-hydrogen) atoms. The highest BCUT2D eigenvalue weighted by molar-refractivity contribution is 9.10. The Kier molecular flexibility index (Phi) is 5.82. The summed E-state index contributed by atoms with van der Waals surface area (Å²) in [4.78, 5) is 11.6. The van der Waals surface area contributed by atoms with E-state index in [1.54, 1.807) is 14.0 Å². The molecule has 2 unspecified atom stereocenters. The molecule has 0 fully saturated rings. The van der Waals surface area contributed by atoms with Gasteiger partial charge in [-0.1, -0.05) is 15.9 Å².